The lowest BCUT2D eigenvalue weighted by molar-refractivity contribution is 0.0403. The SMILES string of the molecule is CCOC(c1ncc(C(=O)OC)[nH]1)C1CC1. The van der Waals surface area contributed by atoms with Crippen LogP contribution in [0, 0.1) is 5.92 Å². The second kappa shape index (κ2) is 4.65. The van der Waals surface area contributed by atoms with Crippen molar-refractivity contribution in [2.45, 2.75) is 25.9 Å². The van der Waals surface area contributed by atoms with Gasteiger partial charge in [-0.15, -0.1) is 0 Å². The molecule has 1 N–H and O–H groups in total. The van der Waals surface area contributed by atoms with E-state index in [1.165, 1.54) is 26.1 Å². The minimum Gasteiger partial charge on any atom is -0.464 e. The van der Waals surface area contributed by atoms with E-state index in [1.54, 1.807) is 0 Å². The highest BCUT2D eigenvalue weighted by Gasteiger charge is 2.35. The molecule has 1 atom stereocenters. The Labute approximate surface area is 94.2 Å². The highest BCUT2D eigenvalue weighted by Crippen LogP contribution is 2.42. The van der Waals surface area contributed by atoms with E-state index in [0.29, 0.717) is 18.2 Å². The largest absolute Gasteiger partial charge is 0.464 e. The van der Waals surface area contributed by atoms with Crippen molar-refractivity contribution in [3.8, 4) is 0 Å². The molecule has 1 aliphatic rings. The summed E-state index contributed by atoms with van der Waals surface area (Å²) < 4.78 is 10.2. The van der Waals surface area contributed by atoms with E-state index in [-0.39, 0.29) is 6.10 Å². The van der Waals surface area contributed by atoms with Crippen molar-refractivity contribution in [3.05, 3.63) is 17.7 Å². The van der Waals surface area contributed by atoms with Crippen LogP contribution in [-0.2, 0) is 9.47 Å². The number of aromatic amines is 1. The zero-order chi connectivity index (χ0) is 11.5. The molecule has 1 aliphatic carbocycles. The molecule has 1 aromatic heterocycles. The van der Waals surface area contributed by atoms with Gasteiger partial charge in [-0.05, 0) is 25.7 Å². The number of nitrogens with zero attached hydrogens (tertiary/aromatic N) is 1. The van der Waals surface area contributed by atoms with Gasteiger partial charge in [0.15, 0.2) is 0 Å². The average Bonchev–Trinajstić information content (AvgIpc) is 3.02. The third-order valence-electron chi connectivity index (χ3n) is 2.67. The highest BCUT2D eigenvalue weighted by atomic mass is 16.5. The summed E-state index contributed by atoms with van der Waals surface area (Å²) in [5.74, 6) is 0.867. The van der Waals surface area contributed by atoms with Crippen molar-refractivity contribution in [1.29, 1.82) is 0 Å². The lowest BCUT2D eigenvalue weighted by Gasteiger charge is -2.13. The van der Waals surface area contributed by atoms with Gasteiger partial charge in [-0.2, -0.15) is 0 Å². The van der Waals surface area contributed by atoms with Gasteiger partial charge in [0, 0.05) is 6.61 Å². The molecular weight excluding hydrogens is 208 g/mol. The fourth-order valence-electron chi connectivity index (χ4n) is 1.71. The van der Waals surface area contributed by atoms with Crippen molar-refractivity contribution < 1.29 is 14.3 Å². The lowest BCUT2D eigenvalue weighted by Crippen LogP contribution is -2.09. The summed E-state index contributed by atoms with van der Waals surface area (Å²) in [5.41, 5.74) is 0.378. The van der Waals surface area contributed by atoms with E-state index in [2.05, 4.69) is 14.7 Å². The van der Waals surface area contributed by atoms with Crippen LogP contribution in [0.4, 0.5) is 0 Å². The van der Waals surface area contributed by atoms with Crippen LogP contribution in [-0.4, -0.2) is 29.7 Å². The number of carbonyl (C=O) groups is 1. The predicted molar refractivity (Wildman–Crippen MR) is 57.0 cm³/mol. The Morgan fingerprint density at radius 2 is 2.44 bits per heavy atom. The quantitative estimate of drug-likeness (QED) is 0.773. The topological polar surface area (TPSA) is 64.2 Å². The van der Waals surface area contributed by atoms with Crippen molar-refractivity contribution in [3.63, 3.8) is 0 Å². The average molecular weight is 224 g/mol. The Morgan fingerprint density at radius 1 is 1.69 bits per heavy atom. The number of methoxy groups -OCH3 is 1. The first-order chi connectivity index (χ1) is 7.76. The molecule has 1 unspecified atom stereocenters. The Balaban J connectivity index is 2.12. The Kier molecular flexibility index (Phi) is 3.24. The molecule has 1 fully saturated rings. The Bertz CT molecular complexity index is 371. The molecule has 0 spiro atoms. The summed E-state index contributed by atoms with van der Waals surface area (Å²) >= 11 is 0. The van der Waals surface area contributed by atoms with Crippen LogP contribution in [0.25, 0.3) is 0 Å². The number of nitrogens with one attached hydrogen (secondary N) is 1. The van der Waals surface area contributed by atoms with E-state index in [1.807, 2.05) is 6.92 Å². The van der Waals surface area contributed by atoms with Crippen molar-refractivity contribution in [1.82, 2.24) is 9.97 Å². The van der Waals surface area contributed by atoms with Crippen LogP contribution in [0.1, 0.15) is 42.2 Å². The molecule has 0 amide bonds. The summed E-state index contributed by atoms with van der Waals surface area (Å²) in [6.07, 6.45) is 3.82. The number of carbonyl (C=O) groups excluding carboxylic acids is 1. The molecule has 0 radical (unpaired) electrons. The predicted octanol–water partition coefficient (Wildman–Crippen LogP) is 1.68. The zero-order valence-electron chi connectivity index (χ0n) is 9.53. The first-order valence-corrected chi connectivity index (χ1v) is 5.51. The number of hydrogen-bond donors (Lipinski definition) is 1. The summed E-state index contributed by atoms with van der Waals surface area (Å²) in [6.45, 7) is 2.61. The van der Waals surface area contributed by atoms with Crippen LogP contribution >= 0.6 is 0 Å². The van der Waals surface area contributed by atoms with Crippen LogP contribution in [0.5, 0.6) is 0 Å². The van der Waals surface area contributed by atoms with Crippen LogP contribution in [0.3, 0.4) is 0 Å². The number of hydrogen-bond acceptors (Lipinski definition) is 4. The van der Waals surface area contributed by atoms with Gasteiger partial charge in [0.05, 0.1) is 13.3 Å². The van der Waals surface area contributed by atoms with Gasteiger partial charge in [-0.3, -0.25) is 0 Å². The molecule has 5 heteroatoms. The second-order valence-corrected chi connectivity index (χ2v) is 3.89. The summed E-state index contributed by atoms with van der Waals surface area (Å²) in [5, 5.41) is 0. The molecule has 1 aromatic rings. The summed E-state index contributed by atoms with van der Waals surface area (Å²) in [6, 6.07) is 0. The Hall–Kier alpha value is -1.36. The third-order valence-corrected chi connectivity index (χ3v) is 2.67. The van der Waals surface area contributed by atoms with Crippen molar-refractivity contribution >= 4 is 5.97 Å². The van der Waals surface area contributed by atoms with Gasteiger partial charge in [0.25, 0.3) is 0 Å². The second-order valence-electron chi connectivity index (χ2n) is 3.89. The van der Waals surface area contributed by atoms with Gasteiger partial charge in [-0.25, -0.2) is 9.78 Å². The van der Waals surface area contributed by atoms with E-state index >= 15 is 0 Å². The maximum absolute atomic E-state index is 11.3. The molecule has 0 saturated heterocycles. The molecule has 0 aliphatic heterocycles. The number of rotatable bonds is 5. The van der Waals surface area contributed by atoms with Gasteiger partial charge in [-0.1, -0.05) is 0 Å². The molecule has 16 heavy (non-hydrogen) atoms. The van der Waals surface area contributed by atoms with E-state index in [0.717, 1.165) is 5.82 Å². The molecule has 0 bridgehead atoms. The first-order valence-electron chi connectivity index (χ1n) is 5.51. The number of H-pyrrole nitrogens is 1. The van der Waals surface area contributed by atoms with Crippen LogP contribution in [0.15, 0.2) is 6.20 Å². The molecular formula is C11H16N2O3. The lowest BCUT2D eigenvalue weighted by atomic mass is 10.2. The van der Waals surface area contributed by atoms with Gasteiger partial charge in [0.1, 0.15) is 17.6 Å². The third kappa shape index (κ3) is 2.24. The van der Waals surface area contributed by atoms with E-state index in [4.69, 9.17) is 4.74 Å². The fourth-order valence-corrected chi connectivity index (χ4v) is 1.71. The molecule has 1 heterocycles. The summed E-state index contributed by atoms with van der Waals surface area (Å²) in [7, 11) is 1.35. The molecule has 1 saturated carbocycles. The molecule has 0 aromatic carbocycles. The number of ether oxygens (including phenoxy) is 2. The normalized spacial score (nSPS) is 17.1. The van der Waals surface area contributed by atoms with E-state index < -0.39 is 5.97 Å². The van der Waals surface area contributed by atoms with Gasteiger partial charge < -0.3 is 14.5 Å². The maximum Gasteiger partial charge on any atom is 0.356 e. The monoisotopic (exact) mass is 224 g/mol. The van der Waals surface area contributed by atoms with Gasteiger partial charge in [0.2, 0.25) is 0 Å². The molecule has 88 valence electrons. The molecule has 5 nitrogen and oxygen atoms in total. The smallest absolute Gasteiger partial charge is 0.356 e. The number of aromatic nitrogens is 2. The van der Waals surface area contributed by atoms with Gasteiger partial charge >= 0.3 is 5.97 Å². The number of esters is 1. The van der Waals surface area contributed by atoms with Crippen molar-refractivity contribution in [2.75, 3.05) is 13.7 Å². The first kappa shape index (κ1) is 11.1. The summed E-state index contributed by atoms with van der Waals surface area (Å²) in [4.78, 5) is 18.4. The standard InChI is InChI=1S/C11H16N2O3/c1-3-16-9(7-4-5-7)10-12-6-8(13-10)11(14)15-2/h6-7,9H,3-5H2,1-2H3,(H,12,13). The molecule has 2 rings (SSSR count). The van der Waals surface area contributed by atoms with Crippen LogP contribution < -0.4 is 0 Å². The van der Waals surface area contributed by atoms with E-state index in [9.17, 15) is 4.79 Å². The van der Waals surface area contributed by atoms with Crippen molar-refractivity contribution in [2.24, 2.45) is 5.92 Å². The van der Waals surface area contributed by atoms with Crippen LogP contribution in [0.2, 0.25) is 0 Å². The maximum atomic E-state index is 11.3. The minimum atomic E-state index is -0.398. The minimum absolute atomic E-state index is 0.0107. The fraction of sp³-hybridized carbons (Fsp3) is 0.636. The Morgan fingerprint density at radius 3 is 3.00 bits per heavy atom. The zero-order valence-corrected chi connectivity index (χ0v) is 9.53. The highest BCUT2D eigenvalue weighted by molar-refractivity contribution is 5.86. The number of imidazole rings is 1.